The number of aliphatic carboxylic acids is 2. The first kappa shape index (κ1) is 16.6. The molecule has 0 saturated heterocycles. The monoisotopic (exact) mass is 258 g/mol. The second kappa shape index (κ2) is 9.65. The number of carboxylic acid groups (broad SMARTS) is 2. The number of allylic oxidation sites excluding steroid dienone is 2. The van der Waals surface area contributed by atoms with Crippen LogP contribution in [0.1, 0.15) is 45.4 Å². The molecule has 0 amide bonds. The Labute approximate surface area is 107 Å². The van der Waals surface area contributed by atoms with Gasteiger partial charge in [0.05, 0.1) is 18.4 Å². The molecule has 0 saturated carbocycles. The molecule has 18 heavy (non-hydrogen) atoms. The Hall–Kier alpha value is -1.36. The fourth-order valence-corrected chi connectivity index (χ4v) is 1.62. The standard InChI is InChI=1S/C13H22O5/c1-2-3-4-5-6-7-8-10(13(17)18)11(14)9-12(15)16/h6-7,10-11,14H,2-5,8-9H2,1H3,(H,15,16)(H,17,18)/b7-6-/t10-,11-/m0/s1. The Morgan fingerprint density at radius 1 is 1.17 bits per heavy atom. The molecule has 0 aliphatic carbocycles. The lowest BCUT2D eigenvalue weighted by Gasteiger charge is -2.15. The van der Waals surface area contributed by atoms with Gasteiger partial charge in [0.2, 0.25) is 0 Å². The van der Waals surface area contributed by atoms with Gasteiger partial charge in [0.15, 0.2) is 0 Å². The van der Waals surface area contributed by atoms with Crippen LogP contribution in [-0.2, 0) is 9.59 Å². The van der Waals surface area contributed by atoms with Crippen LogP contribution in [0.2, 0.25) is 0 Å². The molecule has 104 valence electrons. The zero-order valence-electron chi connectivity index (χ0n) is 10.7. The fraction of sp³-hybridized carbons (Fsp3) is 0.692. The summed E-state index contributed by atoms with van der Waals surface area (Å²) in [5.74, 6) is -3.41. The Morgan fingerprint density at radius 3 is 2.33 bits per heavy atom. The van der Waals surface area contributed by atoms with Crippen molar-refractivity contribution in [2.45, 2.75) is 51.6 Å². The lowest BCUT2D eigenvalue weighted by atomic mass is 9.96. The van der Waals surface area contributed by atoms with Crippen LogP contribution >= 0.6 is 0 Å². The lowest BCUT2D eigenvalue weighted by molar-refractivity contribution is -0.148. The second-order valence-electron chi connectivity index (χ2n) is 4.31. The van der Waals surface area contributed by atoms with Gasteiger partial charge in [-0.15, -0.1) is 0 Å². The van der Waals surface area contributed by atoms with E-state index in [1.807, 2.05) is 6.08 Å². The third-order valence-corrected chi connectivity index (χ3v) is 2.70. The molecule has 2 atom stereocenters. The maximum absolute atomic E-state index is 10.9. The Bertz CT molecular complexity index is 285. The van der Waals surface area contributed by atoms with Crippen molar-refractivity contribution in [3.8, 4) is 0 Å². The molecule has 0 aliphatic rings. The third kappa shape index (κ3) is 7.84. The summed E-state index contributed by atoms with van der Waals surface area (Å²) in [7, 11) is 0. The highest BCUT2D eigenvalue weighted by atomic mass is 16.4. The largest absolute Gasteiger partial charge is 0.481 e. The van der Waals surface area contributed by atoms with Crippen LogP contribution in [0.3, 0.4) is 0 Å². The maximum Gasteiger partial charge on any atom is 0.309 e. The van der Waals surface area contributed by atoms with E-state index in [0.29, 0.717) is 0 Å². The van der Waals surface area contributed by atoms with Crippen molar-refractivity contribution >= 4 is 11.9 Å². The van der Waals surface area contributed by atoms with Crippen molar-refractivity contribution in [2.75, 3.05) is 0 Å². The molecule has 0 spiro atoms. The van der Waals surface area contributed by atoms with Crippen molar-refractivity contribution in [1.29, 1.82) is 0 Å². The zero-order chi connectivity index (χ0) is 14.0. The summed E-state index contributed by atoms with van der Waals surface area (Å²) in [6.07, 6.45) is 6.07. The van der Waals surface area contributed by atoms with E-state index in [1.54, 1.807) is 6.08 Å². The van der Waals surface area contributed by atoms with E-state index < -0.39 is 30.4 Å². The first-order chi connectivity index (χ1) is 8.49. The summed E-state index contributed by atoms with van der Waals surface area (Å²) < 4.78 is 0. The van der Waals surface area contributed by atoms with Crippen LogP contribution in [0, 0.1) is 5.92 Å². The maximum atomic E-state index is 10.9. The summed E-state index contributed by atoms with van der Waals surface area (Å²) in [5.41, 5.74) is 0. The Balaban J connectivity index is 4.12. The molecular weight excluding hydrogens is 236 g/mol. The lowest BCUT2D eigenvalue weighted by Crippen LogP contribution is -2.29. The minimum atomic E-state index is -1.35. The SMILES string of the molecule is CCCCC/C=C\C[C@H](C(=O)O)[C@@H](O)CC(=O)O. The normalized spacial score (nSPS) is 14.6. The van der Waals surface area contributed by atoms with Gasteiger partial charge in [-0.25, -0.2) is 0 Å². The quantitative estimate of drug-likeness (QED) is 0.412. The van der Waals surface area contributed by atoms with Crippen LogP contribution in [-0.4, -0.2) is 33.4 Å². The van der Waals surface area contributed by atoms with E-state index in [4.69, 9.17) is 10.2 Å². The van der Waals surface area contributed by atoms with Gasteiger partial charge in [-0.1, -0.05) is 31.9 Å². The average molecular weight is 258 g/mol. The predicted molar refractivity (Wildman–Crippen MR) is 67.3 cm³/mol. The molecule has 0 bridgehead atoms. The molecular formula is C13H22O5. The molecule has 0 aliphatic heterocycles. The molecule has 0 rings (SSSR count). The Kier molecular flexibility index (Phi) is 8.92. The molecule has 0 heterocycles. The van der Waals surface area contributed by atoms with Gasteiger partial charge in [-0.05, 0) is 19.3 Å². The zero-order valence-corrected chi connectivity index (χ0v) is 10.7. The molecule has 0 aromatic heterocycles. The number of hydrogen-bond donors (Lipinski definition) is 3. The van der Waals surface area contributed by atoms with E-state index in [9.17, 15) is 14.7 Å². The van der Waals surface area contributed by atoms with E-state index >= 15 is 0 Å². The number of carbonyl (C=O) groups is 2. The predicted octanol–water partition coefficient (Wildman–Crippen LogP) is 2.05. The van der Waals surface area contributed by atoms with Crippen LogP contribution in [0.5, 0.6) is 0 Å². The van der Waals surface area contributed by atoms with Crippen LogP contribution in [0.4, 0.5) is 0 Å². The van der Waals surface area contributed by atoms with Crippen LogP contribution in [0.25, 0.3) is 0 Å². The van der Waals surface area contributed by atoms with Gasteiger partial charge in [-0.3, -0.25) is 9.59 Å². The minimum absolute atomic E-state index is 0.163. The number of hydrogen-bond acceptors (Lipinski definition) is 3. The number of rotatable bonds is 10. The summed E-state index contributed by atoms with van der Waals surface area (Å²) >= 11 is 0. The molecule has 0 radical (unpaired) electrons. The Morgan fingerprint density at radius 2 is 1.83 bits per heavy atom. The molecule has 5 heteroatoms. The van der Waals surface area contributed by atoms with Crippen molar-refractivity contribution in [2.24, 2.45) is 5.92 Å². The highest BCUT2D eigenvalue weighted by molar-refractivity contribution is 5.73. The van der Waals surface area contributed by atoms with Gasteiger partial charge in [-0.2, -0.15) is 0 Å². The van der Waals surface area contributed by atoms with Gasteiger partial charge >= 0.3 is 11.9 Å². The molecule has 0 aromatic carbocycles. The summed E-state index contributed by atoms with van der Waals surface area (Å²) in [5, 5.41) is 26.9. The van der Waals surface area contributed by atoms with Crippen LogP contribution in [0.15, 0.2) is 12.2 Å². The first-order valence-electron chi connectivity index (χ1n) is 6.26. The van der Waals surface area contributed by atoms with Crippen molar-refractivity contribution < 1.29 is 24.9 Å². The third-order valence-electron chi connectivity index (χ3n) is 2.70. The van der Waals surface area contributed by atoms with Gasteiger partial charge in [0.25, 0.3) is 0 Å². The molecule has 5 nitrogen and oxygen atoms in total. The molecule has 0 aromatic rings. The number of unbranched alkanes of at least 4 members (excludes halogenated alkanes) is 3. The summed E-state index contributed by atoms with van der Waals surface area (Å²) in [4.78, 5) is 21.3. The number of aliphatic hydroxyl groups excluding tert-OH is 1. The number of carboxylic acids is 2. The summed E-state index contributed by atoms with van der Waals surface area (Å²) in [6, 6.07) is 0. The highest BCUT2D eigenvalue weighted by Crippen LogP contribution is 2.14. The van der Waals surface area contributed by atoms with Crippen molar-refractivity contribution in [3.05, 3.63) is 12.2 Å². The van der Waals surface area contributed by atoms with E-state index in [0.717, 1.165) is 25.7 Å². The van der Waals surface area contributed by atoms with E-state index in [1.165, 1.54) is 0 Å². The highest BCUT2D eigenvalue weighted by Gasteiger charge is 2.26. The van der Waals surface area contributed by atoms with Crippen molar-refractivity contribution in [3.63, 3.8) is 0 Å². The van der Waals surface area contributed by atoms with E-state index in [-0.39, 0.29) is 6.42 Å². The molecule has 0 unspecified atom stereocenters. The van der Waals surface area contributed by atoms with Gasteiger partial charge in [0, 0.05) is 0 Å². The number of aliphatic hydroxyl groups is 1. The average Bonchev–Trinajstić information content (AvgIpc) is 2.26. The smallest absolute Gasteiger partial charge is 0.309 e. The second-order valence-corrected chi connectivity index (χ2v) is 4.31. The van der Waals surface area contributed by atoms with Gasteiger partial charge in [0.1, 0.15) is 0 Å². The molecule has 3 N–H and O–H groups in total. The topological polar surface area (TPSA) is 94.8 Å². The molecule has 0 fully saturated rings. The van der Waals surface area contributed by atoms with E-state index in [2.05, 4.69) is 6.92 Å². The first-order valence-corrected chi connectivity index (χ1v) is 6.26. The van der Waals surface area contributed by atoms with Crippen molar-refractivity contribution in [1.82, 2.24) is 0 Å². The fourth-order valence-electron chi connectivity index (χ4n) is 1.62. The summed E-state index contributed by atoms with van der Waals surface area (Å²) in [6.45, 7) is 2.10. The van der Waals surface area contributed by atoms with Crippen LogP contribution < -0.4 is 0 Å². The van der Waals surface area contributed by atoms with Gasteiger partial charge < -0.3 is 15.3 Å². The minimum Gasteiger partial charge on any atom is -0.481 e.